The maximum absolute atomic E-state index is 15.1. The summed E-state index contributed by atoms with van der Waals surface area (Å²) in [5.41, 5.74) is 1.27. The van der Waals surface area contributed by atoms with Crippen LogP contribution in [-0.2, 0) is 13.0 Å². The smallest absolute Gasteiger partial charge is 0.231 e. The minimum Gasteiger partial charge on any atom is -0.488 e. The topological polar surface area (TPSA) is 56.8 Å². The van der Waals surface area contributed by atoms with E-state index < -0.39 is 5.82 Å². The standard InChI is InChI=1S/C21H16FNO4S/c22-20-15-10-25-17-9-19-18(26-11-27-19)8-14(17)21(24)13(15)3-4-16(20)23-6-5-12-2-1-7-28-12/h1-4,7-9,23H,5-6,10-11H2. The molecule has 5 rings (SSSR count). The molecule has 28 heavy (non-hydrogen) atoms. The van der Waals surface area contributed by atoms with Crippen LogP contribution >= 0.6 is 11.3 Å². The van der Waals surface area contributed by atoms with Gasteiger partial charge in [-0.15, -0.1) is 11.3 Å². The van der Waals surface area contributed by atoms with E-state index >= 15 is 4.39 Å². The van der Waals surface area contributed by atoms with Crippen LogP contribution in [0.5, 0.6) is 17.2 Å². The summed E-state index contributed by atoms with van der Waals surface area (Å²) < 4.78 is 31.5. The number of anilines is 1. The van der Waals surface area contributed by atoms with Gasteiger partial charge in [-0.1, -0.05) is 6.07 Å². The van der Waals surface area contributed by atoms with Crippen molar-refractivity contribution in [2.24, 2.45) is 0 Å². The quantitative estimate of drug-likeness (QED) is 0.708. The fourth-order valence-corrected chi connectivity index (χ4v) is 4.11. The molecule has 3 aromatic rings. The van der Waals surface area contributed by atoms with Crippen molar-refractivity contribution in [1.82, 2.24) is 0 Å². The molecular formula is C21H16FNO4S. The van der Waals surface area contributed by atoms with Gasteiger partial charge in [-0.3, -0.25) is 4.79 Å². The highest BCUT2D eigenvalue weighted by atomic mass is 32.1. The van der Waals surface area contributed by atoms with Crippen LogP contribution in [0.3, 0.4) is 0 Å². The number of hydrogen-bond donors (Lipinski definition) is 1. The summed E-state index contributed by atoms with van der Waals surface area (Å²) in [6.45, 7) is 0.685. The summed E-state index contributed by atoms with van der Waals surface area (Å²) in [5, 5.41) is 5.14. The molecule has 0 fully saturated rings. The van der Waals surface area contributed by atoms with Gasteiger partial charge in [0.25, 0.3) is 0 Å². The van der Waals surface area contributed by atoms with E-state index in [9.17, 15) is 4.79 Å². The van der Waals surface area contributed by atoms with Crippen LogP contribution in [0.25, 0.3) is 0 Å². The van der Waals surface area contributed by atoms with Crippen molar-refractivity contribution in [3.63, 3.8) is 0 Å². The normalized spacial score (nSPS) is 14.1. The molecule has 142 valence electrons. The van der Waals surface area contributed by atoms with Crippen LogP contribution in [0.4, 0.5) is 10.1 Å². The van der Waals surface area contributed by atoms with Gasteiger partial charge in [0.15, 0.2) is 23.1 Å². The van der Waals surface area contributed by atoms with E-state index in [4.69, 9.17) is 14.2 Å². The van der Waals surface area contributed by atoms with Crippen molar-refractivity contribution in [3.05, 3.63) is 69.2 Å². The van der Waals surface area contributed by atoms with Gasteiger partial charge < -0.3 is 19.5 Å². The number of benzene rings is 2. The number of hydrogen-bond acceptors (Lipinski definition) is 6. The van der Waals surface area contributed by atoms with Crippen LogP contribution in [0.1, 0.15) is 26.4 Å². The lowest BCUT2D eigenvalue weighted by molar-refractivity contribution is 0.103. The van der Waals surface area contributed by atoms with Gasteiger partial charge in [0, 0.05) is 28.6 Å². The second-order valence-electron chi connectivity index (χ2n) is 6.53. The van der Waals surface area contributed by atoms with Crippen molar-refractivity contribution >= 4 is 22.8 Å². The SMILES string of the molecule is O=C1c2cc3c(cc2OCc2c1ccc(NCCc1cccs1)c2F)OCO3. The second kappa shape index (κ2) is 6.83. The molecule has 0 radical (unpaired) electrons. The molecule has 7 heteroatoms. The van der Waals surface area contributed by atoms with Gasteiger partial charge in [0.2, 0.25) is 6.79 Å². The molecule has 1 aromatic heterocycles. The zero-order valence-corrected chi connectivity index (χ0v) is 15.6. The third kappa shape index (κ3) is 2.88. The van der Waals surface area contributed by atoms with Gasteiger partial charge in [-0.25, -0.2) is 4.39 Å². The van der Waals surface area contributed by atoms with E-state index in [1.807, 2.05) is 17.5 Å². The molecule has 0 aliphatic carbocycles. The van der Waals surface area contributed by atoms with E-state index in [0.717, 1.165) is 6.42 Å². The number of rotatable bonds is 4. The Morgan fingerprint density at radius 2 is 1.89 bits per heavy atom. The number of halogens is 1. The monoisotopic (exact) mass is 397 g/mol. The molecule has 1 N–H and O–H groups in total. The molecule has 0 amide bonds. The summed E-state index contributed by atoms with van der Waals surface area (Å²) >= 11 is 1.67. The predicted molar refractivity (Wildman–Crippen MR) is 103 cm³/mol. The summed E-state index contributed by atoms with van der Waals surface area (Å²) in [5.74, 6) is 0.646. The zero-order valence-electron chi connectivity index (χ0n) is 14.8. The van der Waals surface area contributed by atoms with Crippen LogP contribution in [0.2, 0.25) is 0 Å². The summed E-state index contributed by atoms with van der Waals surface area (Å²) in [6, 6.07) is 10.5. The number of fused-ring (bicyclic) bond motifs is 3. The Bertz CT molecular complexity index is 1060. The largest absolute Gasteiger partial charge is 0.488 e. The van der Waals surface area contributed by atoms with Crippen molar-refractivity contribution in [2.75, 3.05) is 18.7 Å². The number of thiophene rings is 1. The maximum Gasteiger partial charge on any atom is 0.231 e. The lowest BCUT2D eigenvalue weighted by Crippen LogP contribution is -2.10. The van der Waals surface area contributed by atoms with E-state index in [0.29, 0.717) is 40.6 Å². The average Bonchev–Trinajstić information content (AvgIpc) is 3.35. The second-order valence-corrected chi connectivity index (χ2v) is 7.56. The molecule has 2 aromatic carbocycles. The first-order chi connectivity index (χ1) is 13.7. The molecule has 3 heterocycles. The van der Waals surface area contributed by atoms with E-state index in [1.54, 1.807) is 35.6 Å². The van der Waals surface area contributed by atoms with Gasteiger partial charge in [0.1, 0.15) is 12.4 Å². The zero-order chi connectivity index (χ0) is 19.1. The van der Waals surface area contributed by atoms with Crippen LogP contribution < -0.4 is 19.5 Å². The van der Waals surface area contributed by atoms with E-state index in [2.05, 4.69) is 5.32 Å². The van der Waals surface area contributed by atoms with Crippen molar-refractivity contribution in [2.45, 2.75) is 13.0 Å². The third-order valence-corrected chi connectivity index (χ3v) is 5.78. The highest BCUT2D eigenvalue weighted by Gasteiger charge is 2.29. The van der Waals surface area contributed by atoms with Gasteiger partial charge in [-0.2, -0.15) is 0 Å². The molecular weight excluding hydrogens is 381 g/mol. The number of ketones is 1. The van der Waals surface area contributed by atoms with Gasteiger partial charge >= 0.3 is 0 Å². The van der Waals surface area contributed by atoms with E-state index in [1.165, 1.54) is 4.88 Å². The molecule has 0 saturated carbocycles. The number of nitrogens with one attached hydrogen (secondary N) is 1. The fraction of sp³-hybridized carbons (Fsp3) is 0.190. The predicted octanol–water partition coefficient (Wildman–Crippen LogP) is 4.39. The first-order valence-corrected chi connectivity index (χ1v) is 9.77. The molecule has 0 spiro atoms. The van der Waals surface area contributed by atoms with Crippen molar-refractivity contribution < 1.29 is 23.4 Å². The van der Waals surface area contributed by atoms with Crippen LogP contribution in [-0.4, -0.2) is 19.1 Å². The lowest BCUT2D eigenvalue weighted by Gasteiger charge is -2.12. The Morgan fingerprint density at radius 3 is 2.71 bits per heavy atom. The summed E-state index contributed by atoms with van der Waals surface area (Å²) in [4.78, 5) is 14.2. The Hall–Kier alpha value is -3.06. The molecule has 0 unspecified atom stereocenters. The fourth-order valence-electron chi connectivity index (χ4n) is 3.40. The van der Waals surface area contributed by atoms with Crippen molar-refractivity contribution in [1.29, 1.82) is 0 Å². The Morgan fingerprint density at radius 1 is 1.04 bits per heavy atom. The first-order valence-electron chi connectivity index (χ1n) is 8.89. The number of ether oxygens (including phenoxy) is 3. The highest BCUT2D eigenvalue weighted by Crippen LogP contribution is 2.41. The molecule has 5 nitrogen and oxygen atoms in total. The number of carbonyl (C=O) groups excluding carboxylic acids is 1. The Balaban J connectivity index is 1.43. The first kappa shape index (κ1) is 17.1. The number of carbonyl (C=O) groups is 1. The average molecular weight is 397 g/mol. The Labute approximate surface area is 164 Å². The molecule has 0 atom stereocenters. The molecule has 2 aliphatic heterocycles. The molecule has 0 bridgehead atoms. The third-order valence-electron chi connectivity index (χ3n) is 4.85. The minimum atomic E-state index is -0.454. The molecule has 2 aliphatic rings. The lowest BCUT2D eigenvalue weighted by atomic mass is 9.97. The van der Waals surface area contributed by atoms with Gasteiger partial charge in [0.05, 0.1) is 11.3 Å². The maximum atomic E-state index is 15.1. The summed E-state index contributed by atoms with van der Waals surface area (Å²) in [6.07, 6.45) is 0.806. The highest BCUT2D eigenvalue weighted by molar-refractivity contribution is 7.09. The Kier molecular flexibility index (Phi) is 4.16. The van der Waals surface area contributed by atoms with Gasteiger partial charge in [-0.05, 0) is 36.1 Å². The van der Waals surface area contributed by atoms with Crippen LogP contribution in [0.15, 0.2) is 41.8 Å². The minimum absolute atomic E-state index is 0.0278. The van der Waals surface area contributed by atoms with Crippen LogP contribution in [0, 0.1) is 5.82 Å². The van der Waals surface area contributed by atoms with Crippen molar-refractivity contribution in [3.8, 4) is 17.2 Å². The molecule has 0 saturated heterocycles. The summed E-state index contributed by atoms with van der Waals surface area (Å²) in [7, 11) is 0. The van der Waals surface area contributed by atoms with E-state index in [-0.39, 0.29) is 24.7 Å².